The summed E-state index contributed by atoms with van der Waals surface area (Å²) in [5.41, 5.74) is 1.81. The molecule has 1 N–H and O–H groups in total. The summed E-state index contributed by atoms with van der Waals surface area (Å²) in [6, 6.07) is 17.9. The molecule has 0 saturated heterocycles. The lowest BCUT2D eigenvalue weighted by atomic mass is 9.97. The lowest BCUT2D eigenvalue weighted by Gasteiger charge is -2.14. The Morgan fingerprint density at radius 3 is 2.31 bits per heavy atom. The molecule has 0 saturated carbocycles. The van der Waals surface area contributed by atoms with Crippen molar-refractivity contribution in [3.05, 3.63) is 71.8 Å². The highest BCUT2D eigenvalue weighted by molar-refractivity contribution is 7.90. The molecule has 0 spiro atoms. The average molecular weight is 412 g/mol. The standard InChI is InChI=1S/C23H25NO4S/c1-4-5-17-6-12-22(13-7-17)29(26,27)24-23(25)16(2)18-8-9-20-15-21(28-3)11-10-19(20)14-18/h6-16H,4-5H2,1-3H3,(H,24,25). The molecule has 3 rings (SSSR count). The third kappa shape index (κ3) is 4.77. The first-order valence-electron chi connectivity index (χ1n) is 9.57. The number of carbonyl (C=O) groups excluding carboxylic acids is 1. The Hall–Kier alpha value is -2.86. The maximum absolute atomic E-state index is 12.6. The summed E-state index contributed by atoms with van der Waals surface area (Å²) in [6.07, 6.45) is 1.87. The molecule has 0 fully saturated rings. The molecule has 1 amide bonds. The zero-order valence-corrected chi connectivity index (χ0v) is 17.6. The Bertz CT molecular complexity index is 1120. The van der Waals surface area contributed by atoms with Gasteiger partial charge >= 0.3 is 0 Å². The van der Waals surface area contributed by atoms with Crippen LogP contribution in [0.1, 0.15) is 37.3 Å². The topological polar surface area (TPSA) is 72.5 Å². The van der Waals surface area contributed by atoms with Crippen LogP contribution < -0.4 is 9.46 Å². The van der Waals surface area contributed by atoms with E-state index in [0.29, 0.717) is 0 Å². The maximum atomic E-state index is 12.6. The van der Waals surface area contributed by atoms with E-state index in [1.807, 2.05) is 36.4 Å². The number of ether oxygens (including phenoxy) is 1. The largest absolute Gasteiger partial charge is 0.497 e. The minimum atomic E-state index is -3.91. The molecular weight excluding hydrogens is 386 g/mol. The monoisotopic (exact) mass is 411 g/mol. The van der Waals surface area contributed by atoms with Gasteiger partial charge in [-0.15, -0.1) is 0 Å². The quantitative estimate of drug-likeness (QED) is 0.625. The van der Waals surface area contributed by atoms with Gasteiger partial charge in [-0.2, -0.15) is 0 Å². The lowest BCUT2D eigenvalue weighted by molar-refractivity contribution is -0.120. The van der Waals surface area contributed by atoms with E-state index in [1.54, 1.807) is 26.2 Å². The molecule has 0 heterocycles. The van der Waals surface area contributed by atoms with Crippen LogP contribution in [-0.4, -0.2) is 21.4 Å². The molecule has 29 heavy (non-hydrogen) atoms. The number of methoxy groups -OCH3 is 1. The van der Waals surface area contributed by atoms with E-state index in [-0.39, 0.29) is 4.90 Å². The molecule has 1 atom stereocenters. The van der Waals surface area contributed by atoms with Gasteiger partial charge in [0.05, 0.1) is 17.9 Å². The predicted molar refractivity (Wildman–Crippen MR) is 115 cm³/mol. The van der Waals surface area contributed by atoms with Gasteiger partial charge in [0.2, 0.25) is 5.91 Å². The van der Waals surface area contributed by atoms with Crippen molar-refractivity contribution < 1.29 is 17.9 Å². The van der Waals surface area contributed by atoms with E-state index in [9.17, 15) is 13.2 Å². The first kappa shape index (κ1) is 20.9. The first-order chi connectivity index (χ1) is 13.8. The molecule has 6 heteroatoms. The van der Waals surface area contributed by atoms with Crippen LogP contribution in [0.15, 0.2) is 65.6 Å². The second-order valence-electron chi connectivity index (χ2n) is 7.06. The van der Waals surface area contributed by atoms with Crippen molar-refractivity contribution >= 4 is 26.7 Å². The fourth-order valence-electron chi connectivity index (χ4n) is 3.19. The Kier molecular flexibility index (Phi) is 6.23. The lowest BCUT2D eigenvalue weighted by Crippen LogP contribution is -2.33. The molecule has 0 aliphatic rings. The van der Waals surface area contributed by atoms with Crippen LogP contribution in [0.25, 0.3) is 10.8 Å². The van der Waals surface area contributed by atoms with Gasteiger partial charge in [0.1, 0.15) is 5.75 Å². The molecule has 0 aliphatic carbocycles. The van der Waals surface area contributed by atoms with Gasteiger partial charge in [0.15, 0.2) is 0 Å². The van der Waals surface area contributed by atoms with E-state index in [0.717, 1.165) is 40.5 Å². The smallest absolute Gasteiger partial charge is 0.264 e. The summed E-state index contributed by atoms with van der Waals surface area (Å²) in [5, 5.41) is 1.94. The molecule has 3 aromatic rings. The van der Waals surface area contributed by atoms with E-state index < -0.39 is 21.8 Å². The zero-order chi connectivity index (χ0) is 21.0. The minimum Gasteiger partial charge on any atom is -0.497 e. The van der Waals surface area contributed by atoms with E-state index >= 15 is 0 Å². The van der Waals surface area contributed by atoms with Gasteiger partial charge in [-0.1, -0.05) is 49.7 Å². The van der Waals surface area contributed by atoms with Crippen molar-refractivity contribution in [1.29, 1.82) is 0 Å². The minimum absolute atomic E-state index is 0.0866. The highest BCUT2D eigenvalue weighted by Crippen LogP contribution is 2.25. The Morgan fingerprint density at radius 1 is 1.00 bits per heavy atom. The molecule has 152 valence electrons. The number of benzene rings is 3. The second-order valence-corrected chi connectivity index (χ2v) is 8.74. The molecule has 1 unspecified atom stereocenters. The van der Waals surface area contributed by atoms with Crippen LogP contribution in [-0.2, 0) is 21.2 Å². The number of hydrogen-bond donors (Lipinski definition) is 1. The zero-order valence-electron chi connectivity index (χ0n) is 16.8. The molecule has 5 nitrogen and oxygen atoms in total. The SMILES string of the molecule is CCCc1ccc(S(=O)(=O)NC(=O)C(C)c2ccc3cc(OC)ccc3c2)cc1. The summed E-state index contributed by atoms with van der Waals surface area (Å²) in [6.45, 7) is 3.76. The van der Waals surface area contributed by atoms with Gasteiger partial charge in [-0.25, -0.2) is 13.1 Å². The summed E-state index contributed by atoms with van der Waals surface area (Å²) in [7, 11) is -2.30. The van der Waals surface area contributed by atoms with Crippen molar-refractivity contribution in [1.82, 2.24) is 4.72 Å². The van der Waals surface area contributed by atoms with Gasteiger partial charge in [0, 0.05) is 0 Å². The van der Waals surface area contributed by atoms with Crippen LogP contribution in [0, 0.1) is 0 Å². The van der Waals surface area contributed by atoms with Crippen LogP contribution >= 0.6 is 0 Å². The van der Waals surface area contributed by atoms with Gasteiger partial charge < -0.3 is 4.74 Å². The van der Waals surface area contributed by atoms with E-state index in [1.165, 1.54) is 12.1 Å². The summed E-state index contributed by atoms with van der Waals surface area (Å²) in [4.78, 5) is 12.7. The molecular formula is C23H25NO4S. The van der Waals surface area contributed by atoms with Gasteiger partial charge in [-0.05, 0) is 59.5 Å². The normalized spacial score (nSPS) is 12.5. The molecule has 0 radical (unpaired) electrons. The summed E-state index contributed by atoms with van der Waals surface area (Å²) < 4.78 is 32.6. The fraction of sp³-hybridized carbons (Fsp3) is 0.261. The van der Waals surface area contributed by atoms with E-state index in [4.69, 9.17) is 4.74 Å². The Balaban J connectivity index is 1.77. The van der Waals surface area contributed by atoms with Gasteiger partial charge in [-0.3, -0.25) is 4.79 Å². The highest BCUT2D eigenvalue weighted by atomic mass is 32.2. The Morgan fingerprint density at radius 2 is 1.66 bits per heavy atom. The van der Waals surface area contributed by atoms with Crippen LogP contribution in [0.2, 0.25) is 0 Å². The Labute approximate surface area is 171 Å². The molecule has 0 aromatic heterocycles. The number of carbonyl (C=O) groups is 1. The number of hydrogen-bond acceptors (Lipinski definition) is 4. The molecule has 0 aliphatic heterocycles. The highest BCUT2D eigenvalue weighted by Gasteiger charge is 2.23. The van der Waals surface area contributed by atoms with Crippen molar-refractivity contribution in [2.24, 2.45) is 0 Å². The van der Waals surface area contributed by atoms with Crippen molar-refractivity contribution in [3.63, 3.8) is 0 Å². The molecule has 3 aromatic carbocycles. The number of amides is 1. The number of sulfonamides is 1. The average Bonchev–Trinajstić information content (AvgIpc) is 2.72. The third-order valence-electron chi connectivity index (χ3n) is 4.97. The summed E-state index contributed by atoms with van der Waals surface area (Å²) in [5.74, 6) is -0.418. The molecule has 0 bridgehead atoms. The van der Waals surface area contributed by atoms with Crippen molar-refractivity contribution in [2.75, 3.05) is 7.11 Å². The van der Waals surface area contributed by atoms with E-state index in [2.05, 4.69) is 11.6 Å². The van der Waals surface area contributed by atoms with Crippen LogP contribution in [0.3, 0.4) is 0 Å². The van der Waals surface area contributed by atoms with Crippen LogP contribution in [0.5, 0.6) is 5.75 Å². The third-order valence-corrected chi connectivity index (χ3v) is 6.33. The number of aryl methyl sites for hydroxylation is 1. The maximum Gasteiger partial charge on any atom is 0.264 e. The van der Waals surface area contributed by atoms with Gasteiger partial charge in [0.25, 0.3) is 10.0 Å². The first-order valence-corrected chi connectivity index (χ1v) is 11.1. The number of nitrogens with one attached hydrogen (secondary N) is 1. The number of rotatable bonds is 7. The van der Waals surface area contributed by atoms with Crippen molar-refractivity contribution in [2.45, 2.75) is 37.5 Å². The number of fused-ring (bicyclic) bond motifs is 1. The predicted octanol–water partition coefficient (Wildman–Crippen LogP) is 4.41. The summed E-state index contributed by atoms with van der Waals surface area (Å²) >= 11 is 0. The van der Waals surface area contributed by atoms with Crippen molar-refractivity contribution in [3.8, 4) is 5.75 Å². The fourth-order valence-corrected chi connectivity index (χ4v) is 4.25. The van der Waals surface area contributed by atoms with Crippen LogP contribution in [0.4, 0.5) is 0 Å². The second kappa shape index (κ2) is 8.66.